The van der Waals surface area contributed by atoms with Crippen LogP contribution in [0.15, 0.2) is 6.33 Å². The summed E-state index contributed by atoms with van der Waals surface area (Å²) in [5.74, 6) is 0.453. The van der Waals surface area contributed by atoms with Gasteiger partial charge in [0, 0.05) is 13.1 Å². The third-order valence-electron chi connectivity index (χ3n) is 3.13. The second-order valence-electron chi connectivity index (χ2n) is 4.38. The summed E-state index contributed by atoms with van der Waals surface area (Å²) >= 11 is 0. The number of carbonyl (C=O) groups is 1. The van der Waals surface area contributed by atoms with Crippen LogP contribution in [0.1, 0.15) is 35.9 Å². The molecule has 3 N–H and O–H groups in total. The number of amides is 1. The molecule has 8 nitrogen and oxygen atoms in total. The van der Waals surface area contributed by atoms with Crippen molar-refractivity contribution in [1.29, 1.82) is 0 Å². The van der Waals surface area contributed by atoms with Crippen LogP contribution in [-0.2, 0) is 19.6 Å². The Labute approximate surface area is 117 Å². The van der Waals surface area contributed by atoms with E-state index in [9.17, 15) is 4.79 Å². The fraction of sp³-hybridized carbons (Fsp3) is 0.500. The number of nitrogens with one attached hydrogen (secondary N) is 1. The third kappa shape index (κ3) is 2.49. The number of nitrogens with two attached hydrogens (primary N) is 1. The number of nitrogens with zero attached hydrogens (tertiary/aromatic N) is 5. The highest BCUT2D eigenvalue weighted by atomic mass is 16.2. The van der Waals surface area contributed by atoms with Crippen LogP contribution >= 0.6 is 0 Å². The van der Waals surface area contributed by atoms with Gasteiger partial charge >= 0.3 is 0 Å². The Kier molecular flexibility index (Phi) is 4.02. The van der Waals surface area contributed by atoms with Crippen LogP contribution in [-0.4, -0.2) is 30.5 Å². The molecule has 0 atom stereocenters. The van der Waals surface area contributed by atoms with Crippen LogP contribution in [0.2, 0.25) is 0 Å². The summed E-state index contributed by atoms with van der Waals surface area (Å²) in [6, 6.07) is 0. The number of rotatable bonds is 5. The Morgan fingerprint density at radius 1 is 1.40 bits per heavy atom. The van der Waals surface area contributed by atoms with Crippen LogP contribution in [0, 0.1) is 6.92 Å². The summed E-state index contributed by atoms with van der Waals surface area (Å²) in [4.78, 5) is 12.2. The zero-order chi connectivity index (χ0) is 14.7. The van der Waals surface area contributed by atoms with Crippen LogP contribution in [0.5, 0.6) is 0 Å². The van der Waals surface area contributed by atoms with E-state index in [0.29, 0.717) is 36.0 Å². The van der Waals surface area contributed by atoms with E-state index in [0.717, 1.165) is 6.54 Å². The Balaban J connectivity index is 2.13. The average Bonchev–Trinajstić information content (AvgIpc) is 3.01. The fourth-order valence-electron chi connectivity index (χ4n) is 1.99. The molecule has 0 aliphatic carbocycles. The van der Waals surface area contributed by atoms with Gasteiger partial charge in [-0.3, -0.25) is 9.48 Å². The fourth-order valence-corrected chi connectivity index (χ4v) is 1.99. The molecular weight excluding hydrogens is 258 g/mol. The van der Waals surface area contributed by atoms with E-state index in [-0.39, 0.29) is 5.91 Å². The van der Waals surface area contributed by atoms with E-state index in [2.05, 4.69) is 20.6 Å². The molecule has 108 valence electrons. The van der Waals surface area contributed by atoms with Gasteiger partial charge in [0.05, 0.1) is 17.9 Å². The molecule has 0 unspecified atom stereocenters. The van der Waals surface area contributed by atoms with Crippen LogP contribution < -0.4 is 11.1 Å². The van der Waals surface area contributed by atoms with Crippen molar-refractivity contribution in [2.24, 2.45) is 0 Å². The number of aryl methyl sites for hydroxylation is 3. The van der Waals surface area contributed by atoms with Gasteiger partial charge in [0.2, 0.25) is 0 Å². The van der Waals surface area contributed by atoms with Gasteiger partial charge in [-0.1, -0.05) is 0 Å². The van der Waals surface area contributed by atoms with Gasteiger partial charge in [0.1, 0.15) is 12.0 Å². The predicted octanol–water partition coefficient (Wildman–Crippen LogP) is 0.335. The molecule has 0 aliphatic heterocycles. The minimum absolute atomic E-state index is 0.254. The van der Waals surface area contributed by atoms with Gasteiger partial charge < -0.3 is 15.6 Å². The quantitative estimate of drug-likeness (QED) is 0.820. The maximum Gasteiger partial charge on any atom is 0.272 e. The lowest BCUT2D eigenvalue weighted by Crippen LogP contribution is -2.27. The van der Waals surface area contributed by atoms with Crippen molar-refractivity contribution in [3.8, 4) is 0 Å². The number of carbonyl (C=O) groups excluding carboxylic acids is 1. The van der Waals surface area contributed by atoms with Gasteiger partial charge in [0.15, 0.2) is 5.82 Å². The average molecular weight is 277 g/mol. The third-order valence-corrected chi connectivity index (χ3v) is 3.13. The van der Waals surface area contributed by atoms with Gasteiger partial charge in [0.25, 0.3) is 5.91 Å². The molecule has 8 heteroatoms. The van der Waals surface area contributed by atoms with Crippen molar-refractivity contribution in [2.45, 2.75) is 40.4 Å². The molecule has 2 heterocycles. The molecule has 0 aliphatic rings. The monoisotopic (exact) mass is 277 g/mol. The van der Waals surface area contributed by atoms with Crippen LogP contribution in [0.4, 0.5) is 5.69 Å². The first-order valence-corrected chi connectivity index (χ1v) is 6.56. The highest BCUT2D eigenvalue weighted by molar-refractivity contribution is 5.97. The highest BCUT2D eigenvalue weighted by Gasteiger charge is 2.19. The first kappa shape index (κ1) is 14.0. The largest absolute Gasteiger partial charge is 0.395 e. The van der Waals surface area contributed by atoms with Crippen molar-refractivity contribution < 1.29 is 4.79 Å². The van der Waals surface area contributed by atoms with E-state index >= 15 is 0 Å². The molecule has 0 fully saturated rings. The summed E-state index contributed by atoms with van der Waals surface area (Å²) < 4.78 is 3.47. The van der Waals surface area contributed by atoms with Crippen LogP contribution in [0.25, 0.3) is 0 Å². The summed E-state index contributed by atoms with van der Waals surface area (Å²) in [5, 5.41) is 14.8. The number of anilines is 1. The molecule has 0 saturated carbocycles. The van der Waals surface area contributed by atoms with E-state index in [4.69, 9.17) is 5.73 Å². The molecule has 0 saturated heterocycles. The lowest BCUT2D eigenvalue weighted by molar-refractivity contribution is 0.0939. The zero-order valence-corrected chi connectivity index (χ0v) is 11.9. The molecule has 0 radical (unpaired) electrons. The van der Waals surface area contributed by atoms with Crippen molar-refractivity contribution in [3.05, 3.63) is 23.5 Å². The Hall–Kier alpha value is -2.38. The number of aromatic nitrogens is 5. The SMILES string of the molecule is CCn1cnnc1CNC(=O)c1c(N)c(C)nn1CC. The lowest BCUT2D eigenvalue weighted by atomic mass is 10.3. The van der Waals surface area contributed by atoms with Gasteiger partial charge in [-0.25, -0.2) is 0 Å². The second-order valence-corrected chi connectivity index (χ2v) is 4.38. The molecule has 2 rings (SSSR count). The normalized spacial score (nSPS) is 10.8. The lowest BCUT2D eigenvalue weighted by Gasteiger charge is -2.08. The van der Waals surface area contributed by atoms with E-state index in [1.54, 1.807) is 17.9 Å². The van der Waals surface area contributed by atoms with Gasteiger partial charge in [-0.15, -0.1) is 10.2 Å². The van der Waals surface area contributed by atoms with Gasteiger partial charge in [-0.05, 0) is 20.8 Å². The molecule has 0 spiro atoms. The van der Waals surface area contributed by atoms with Crippen molar-refractivity contribution >= 4 is 11.6 Å². The molecule has 20 heavy (non-hydrogen) atoms. The maximum atomic E-state index is 12.2. The maximum absolute atomic E-state index is 12.2. The molecule has 1 amide bonds. The summed E-state index contributed by atoms with van der Waals surface area (Å²) in [6.07, 6.45) is 1.64. The minimum Gasteiger partial charge on any atom is -0.395 e. The Bertz CT molecular complexity index is 613. The van der Waals surface area contributed by atoms with E-state index < -0.39 is 0 Å². The van der Waals surface area contributed by atoms with E-state index in [1.807, 2.05) is 18.4 Å². The number of nitrogen functional groups attached to an aromatic ring is 1. The van der Waals surface area contributed by atoms with Crippen molar-refractivity contribution in [1.82, 2.24) is 29.9 Å². The highest BCUT2D eigenvalue weighted by Crippen LogP contribution is 2.16. The van der Waals surface area contributed by atoms with E-state index in [1.165, 1.54) is 0 Å². The Morgan fingerprint density at radius 2 is 2.15 bits per heavy atom. The van der Waals surface area contributed by atoms with Crippen LogP contribution in [0.3, 0.4) is 0 Å². The topological polar surface area (TPSA) is 104 Å². The summed E-state index contributed by atoms with van der Waals surface area (Å²) in [5.41, 5.74) is 7.38. The summed E-state index contributed by atoms with van der Waals surface area (Å²) in [7, 11) is 0. The molecule has 0 bridgehead atoms. The summed E-state index contributed by atoms with van der Waals surface area (Å²) in [6.45, 7) is 7.34. The minimum atomic E-state index is -0.254. The Morgan fingerprint density at radius 3 is 2.80 bits per heavy atom. The van der Waals surface area contributed by atoms with Gasteiger partial charge in [-0.2, -0.15) is 5.10 Å². The van der Waals surface area contributed by atoms with Crippen molar-refractivity contribution in [2.75, 3.05) is 5.73 Å². The first-order chi connectivity index (χ1) is 9.58. The number of hydrogen-bond acceptors (Lipinski definition) is 5. The van der Waals surface area contributed by atoms with Crippen molar-refractivity contribution in [3.63, 3.8) is 0 Å². The zero-order valence-electron chi connectivity index (χ0n) is 11.9. The number of hydrogen-bond donors (Lipinski definition) is 2. The predicted molar refractivity (Wildman–Crippen MR) is 73.9 cm³/mol. The standard InChI is InChI=1S/C12H19N7O/c1-4-18-7-15-16-9(18)6-14-12(20)11-10(13)8(3)17-19(11)5-2/h7H,4-6,13H2,1-3H3,(H,14,20). The smallest absolute Gasteiger partial charge is 0.272 e. The molecule has 2 aromatic heterocycles. The molecular formula is C12H19N7O. The second kappa shape index (κ2) is 5.72. The molecule has 0 aromatic carbocycles. The first-order valence-electron chi connectivity index (χ1n) is 6.56. The molecule has 2 aromatic rings.